The Labute approximate surface area is 153 Å². The van der Waals surface area contributed by atoms with E-state index in [1.807, 2.05) is 24.4 Å². The molecule has 0 saturated heterocycles. The fourth-order valence-electron chi connectivity index (χ4n) is 3.69. The molecule has 0 spiro atoms. The molecule has 2 unspecified atom stereocenters. The minimum atomic E-state index is -0.896. The van der Waals surface area contributed by atoms with Crippen LogP contribution in [0.25, 0.3) is 10.9 Å². The van der Waals surface area contributed by atoms with Crippen LogP contribution in [0.5, 0.6) is 0 Å². The number of halogens is 2. The van der Waals surface area contributed by atoms with Crippen molar-refractivity contribution in [3.05, 3.63) is 70.1 Å². The molecule has 130 valence electrons. The Bertz CT molecular complexity index is 963. The lowest BCUT2D eigenvalue weighted by molar-refractivity contribution is 0.624. The van der Waals surface area contributed by atoms with Gasteiger partial charge >= 0.3 is 0 Å². The predicted molar refractivity (Wildman–Crippen MR) is 102 cm³/mol. The van der Waals surface area contributed by atoms with Crippen LogP contribution in [0.15, 0.2) is 42.6 Å². The van der Waals surface area contributed by atoms with Crippen molar-refractivity contribution in [3.8, 4) is 0 Å². The topological polar surface area (TPSA) is 32.9 Å². The Hall–Kier alpha value is -1.65. The van der Waals surface area contributed by atoms with E-state index in [9.17, 15) is 8.60 Å². The third-order valence-corrected chi connectivity index (χ3v) is 5.96. The highest BCUT2D eigenvalue weighted by Crippen LogP contribution is 2.49. The number of aromatic nitrogens is 1. The monoisotopic (exact) mass is 375 g/mol. The van der Waals surface area contributed by atoms with E-state index in [4.69, 9.17) is 11.6 Å². The molecule has 2 aromatic carbocycles. The standard InChI is InChI=1S/C20H19ClFNOS/c1-25(24)11-13-3-2-4-15-17(10-23-20(13)15)19(12-5-6-12)16-8-7-14(22)9-18(16)21/h2-4,7-10,12,19,23H,5-6,11H2,1H3. The quantitative estimate of drug-likeness (QED) is 0.638. The summed E-state index contributed by atoms with van der Waals surface area (Å²) in [4.78, 5) is 3.37. The number of rotatable bonds is 5. The van der Waals surface area contributed by atoms with Crippen molar-refractivity contribution in [1.29, 1.82) is 0 Å². The molecule has 0 aliphatic heterocycles. The van der Waals surface area contributed by atoms with Crippen molar-refractivity contribution in [2.45, 2.75) is 24.5 Å². The van der Waals surface area contributed by atoms with E-state index in [0.717, 1.165) is 34.9 Å². The molecular formula is C20H19ClFNOS. The first-order valence-electron chi connectivity index (χ1n) is 8.38. The van der Waals surface area contributed by atoms with Crippen molar-refractivity contribution in [1.82, 2.24) is 4.98 Å². The molecule has 2 nitrogen and oxygen atoms in total. The van der Waals surface area contributed by atoms with Gasteiger partial charge in [-0.05, 0) is 47.6 Å². The molecule has 1 aliphatic rings. The van der Waals surface area contributed by atoms with Crippen molar-refractivity contribution < 1.29 is 8.60 Å². The zero-order valence-electron chi connectivity index (χ0n) is 13.9. The summed E-state index contributed by atoms with van der Waals surface area (Å²) in [5, 5.41) is 1.62. The van der Waals surface area contributed by atoms with Crippen LogP contribution in [0.3, 0.4) is 0 Å². The molecule has 4 rings (SSSR count). The van der Waals surface area contributed by atoms with Crippen LogP contribution in [-0.2, 0) is 16.6 Å². The number of aromatic amines is 1. The van der Waals surface area contributed by atoms with Gasteiger partial charge in [-0.25, -0.2) is 4.39 Å². The molecule has 3 aromatic rings. The van der Waals surface area contributed by atoms with Crippen molar-refractivity contribution >= 4 is 33.3 Å². The first-order chi connectivity index (χ1) is 12.0. The molecule has 1 aliphatic carbocycles. The molecule has 25 heavy (non-hydrogen) atoms. The van der Waals surface area contributed by atoms with E-state index in [0.29, 0.717) is 16.7 Å². The molecule has 1 N–H and O–H groups in total. The number of H-pyrrole nitrogens is 1. The highest BCUT2D eigenvalue weighted by atomic mass is 35.5. The maximum atomic E-state index is 13.5. The van der Waals surface area contributed by atoms with Gasteiger partial charge in [0.15, 0.2) is 0 Å². The Morgan fingerprint density at radius 2 is 2.08 bits per heavy atom. The first kappa shape index (κ1) is 16.8. The molecule has 0 amide bonds. The summed E-state index contributed by atoms with van der Waals surface area (Å²) in [6.07, 6.45) is 6.07. The molecule has 1 fully saturated rings. The fraction of sp³-hybridized carbons (Fsp3) is 0.300. The van der Waals surface area contributed by atoms with Crippen molar-refractivity contribution in [2.24, 2.45) is 5.92 Å². The van der Waals surface area contributed by atoms with Gasteiger partial charge in [-0.15, -0.1) is 0 Å². The second kappa shape index (κ2) is 6.58. The minimum Gasteiger partial charge on any atom is -0.361 e. The molecule has 1 aromatic heterocycles. The minimum absolute atomic E-state index is 0.157. The van der Waals surface area contributed by atoms with Crippen molar-refractivity contribution in [2.75, 3.05) is 6.26 Å². The summed E-state index contributed by atoms with van der Waals surface area (Å²) in [7, 11) is -0.896. The van der Waals surface area contributed by atoms with Gasteiger partial charge in [-0.1, -0.05) is 35.9 Å². The van der Waals surface area contributed by atoms with Gasteiger partial charge in [0.25, 0.3) is 0 Å². The Morgan fingerprint density at radius 3 is 2.76 bits per heavy atom. The molecule has 1 heterocycles. The Balaban J connectivity index is 1.85. The van der Waals surface area contributed by atoms with Crippen LogP contribution >= 0.6 is 11.6 Å². The molecule has 1 saturated carbocycles. The Kier molecular flexibility index (Phi) is 4.42. The SMILES string of the molecule is CS(=O)Cc1cccc2c(C(c3ccc(F)cc3Cl)C3CC3)c[nH]c12. The van der Waals surface area contributed by atoms with Gasteiger partial charge in [0.1, 0.15) is 5.82 Å². The van der Waals surface area contributed by atoms with Crippen LogP contribution in [0.4, 0.5) is 4.39 Å². The lowest BCUT2D eigenvalue weighted by Gasteiger charge is -2.18. The van der Waals surface area contributed by atoms with Gasteiger partial charge < -0.3 is 4.98 Å². The lowest BCUT2D eigenvalue weighted by Crippen LogP contribution is -2.04. The molecule has 5 heteroatoms. The number of nitrogens with one attached hydrogen (secondary N) is 1. The first-order valence-corrected chi connectivity index (χ1v) is 10.5. The third kappa shape index (κ3) is 3.25. The molecule has 2 atom stereocenters. The molecule has 0 bridgehead atoms. The zero-order chi connectivity index (χ0) is 17.6. The summed E-state index contributed by atoms with van der Waals surface area (Å²) < 4.78 is 25.1. The second-order valence-corrected chi connectivity index (χ2v) is 8.62. The van der Waals surface area contributed by atoms with E-state index >= 15 is 0 Å². The second-order valence-electron chi connectivity index (χ2n) is 6.78. The van der Waals surface area contributed by atoms with Gasteiger partial charge in [0.2, 0.25) is 0 Å². The van der Waals surface area contributed by atoms with Crippen LogP contribution < -0.4 is 0 Å². The van der Waals surface area contributed by atoms with E-state index < -0.39 is 10.8 Å². The van der Waals surface area contributed by atoms with E-state index in [2.05, 4.69) is 11.1 Å². The van der Waals surface area contributed by atoms with E-state index in [1.54, 1.807) is 6.26 Å². The van der Waals surface area contributed by atoms with Crippen LogP contribution in [0, 0.1) is 11.7 Å². The van der Waals surface area contributed by atoms with Gasteiger partial charge in [0, 0.05) is 45.1 Å². The van der Waals surface area contributed by atoms with Crippen LogP contribution in [0.2, 0.25) is 5.02 Å². The van der Waals surface area contributed by atoms with Crippen LogP contribution in [0.1, 0.15) is 35.4 Å². The summed E-state index contributed by atoms with van der Waals surface area (Å²) in [5.74, 6) is 0.910. The third-order valence-electron chi connectivity index (χ3n) is 4.92. The number of fused-ring (bicyclic) bond motifs is 1. The average molecular weight is 376 g/mol. The normalized spacial score (nSPS) is 16.9. The zero-order valence-corrected chi connectivity index (χ0v) is 15.5. The lowest BCUT2D eigenvalue weighted by atomic mass is 9.86. The van der Waals surface area contributed by atoms with Gasteiger partial charge in [-0.2, -0.15) is 0 Å². The summed E-state index contributed by atoms with van der Waals surface area (Å²) in [6.45, 7) is 0. The molecule has 0 radical (unpaired) electrons. The highest BCUT2D eigenvalue weighted by molar-refractivity contribution is 7.83. The largest absolute Gasteiger partial charge is 0.361 e. The number of para-hydroxylation sites is 1. The summed E-state index contributed by atoms with van der Waals surface area (Å²) in [5.41, 5.74) is 4.27. The number of hydrogen-bond acceptors (Lipinski definition) is 1. The maximum absolute atomic E-state index is 13.5. The van der Waals surface area contributed by atoms with Crippen LogP contribution in [-0.4, -0.2) is 15.4 Å². The van der Waals surface area contributed by atoms with Crippen molar-refractivity contribution in [3.63, 3.8) is 0 Å². The predicted octanol–water partition coefficient (Wildman–Crippen LogP) is 5.38. The molecular weight excluding hydrogens is 357 g/mol. The van der Waals surface area contributed by atoms with Gasteiger partial charge in [-0.3, -0.25) is 4.21 Å². The Morgan fingerprint density at radius 1 is 1.28 bits per heavy atom. The fourth-order valence-corrected chi connectivity index (χ4v) is 4.66. The maximum Gasteiger partial charge on any atom is 0.124 e. The number of hydrogen-bond donors (Lipinski definition) is 1. The van der Waals surface area contributed by atoms with Gasteiger partial charge in [0.05, 0.1) is 5.75 Å². The van der Waals surface area contributed by atoms with E-state index in [1.165, 1.54) is 17.7 Å². The number of benzene rings is 2. The summed E-state index contributed by atoms with van der Waals surface area (Å²) in [6, 6.07) is 10.8. The highest BCUT2D eigenvalue weighted by Gasteiger charge is 2.36. The summed E-state index contributed by atoms with van der Waals surface area (Å²) >= 11 is 6.37. The average Bonchev–Trinajstić information content (AvgIpc) is 3.29. The van der Waals surface area contributed by atoms with E-state index in [-0.39, 0.29) is 11.7 Å². The smallest absolute Gasteiger partial charge is 0.124 e.